The highest BCUT2D eigenvalue weighted by Gasteiger charge is 2.10. The van der Waals surface area contributed by atoms with Crippen molar-refractivity contribution in [1.29, 1.82) is 0 Å². The maximum Gasteiger partial charge on any atom is 0.274 e. The number of hydrogen-bond acceptors (Lipinski definition) is 4. The SMILES string of the molecule is COc1ccc(C=Nc2c(-c3ccccc3)cc(C)[nH]c2=O)c(OC)c1. The fourth-order valence-corrected chi connectivity index (χ4v) is 2.71. The van der Waals surface area contributed by atoms with Crippen molar-refractivity contribution >= 4 is 11.9 Å². The number of methoxy groups -OCH3 is 2. The topological polar surface area (TPSA) is 63.7 Å². The van der Waals surface area contributed by atoms with Gasteiger partial charge in [-0.05, 0) is 30.7 Å². The number of benzene rings is 2. The van der Waals surface area contributed by atoms with Crippen molar-refractivity contribution in [2.75, 3.05) is 14.2 Å². The molecule has 0 aliphatic rings. The summed E-state index contributed by atoms with van der Waals surface area (Å²) in [6.45, 7) is 1.85. The fourth-order valence-electron chi connectivity index (χ4n) is 2.71. The molecule has 3 aromatic rings. The molecule has 0 fully saturated rings. The Morgan fingerprint density at radius 2 is 1.77 bits per heavy atom. The van der Waals surface area contributed by atoms with Crippen LogP contribution in [0.15, 0.2) is 64.4 Å². The fraction of sp³-hybridized carbons (Fsp3) is 0.143. The van der Waals surface area contributed by atoms with Gasteiger partial charge in [-0.3, -0.25) is 4.79 Å². The molecule has 26 heavy (non-hydrogen) atoms. The van der Waals surface area contributed by atoms with Crippen molar-refractivity contribution in [3.8, 4) is 22.6 Å². The molecular weight excluding hydrogens is 328 g/mol. The first kappa shape index (κ1) is 17.5. The van der Waals surface area contributed by atoms with Gasteiger partial charge in [-0.15, -0.1) is 0 Å². The van der Waals surface area contributed by atoms with E-state index in [4.69, 9.17) is 9.47 Å². The third kappa shape index (κ3) is 3.67. The minimum Gasteiger partial charge on any atom is -0.497 e. The molecule has 0 radical (unpaired) electrons. The number of aliphatic imine (C=N–C) groups is 1. The number of aryl methyl sites for hydroxylation is 1. The van der Waals surface area contributed by atoms with Gasteiger partial charge in [-0.25, -0.2) is 4.99 Å². The van der Waals surface area contributed by atoms with Gasteiger partial charge in [0.1, 0.15) is 17.2 Å². The lowest BCUT2D eigenvalue weighted by Crippen LogP contribution is -2.08. The van der Waals surface area contributed by atoms with Crippen molar-refractivity contribution in [2.24, 2.45) is 4.99 Å². The monoisotopic (exact) mass is 348 g/mol. The molecule has 132 valence electrons. The molecule has 1 N–H and O–H groups in total. The number of hydrogen-bond donors (Lipinski definition) is 1. The zero-order chi connectivity index (χ0) is 18.5. The van der Waals surface area contributed by atoms with Gasteiger partial charge in [0, 0.05) is 29.1 Å². The Hall–Kier alpha value is -3.34. The lowest BCUT2D eigenvalue weighted by molar-refractivity contribution is 0.394. The highest BCUT2D eigenvalue weighted by molar-refractivity contribution is 5.88. The first-order chi connectivity index (χ1) is 12.6. The zero-order valence-corrected chi connectivity index (χ0v) is 14.9. The standard InChI is InChI=1S/C21H20N2O3/c1-14-11-18(15-7-5-4-6-8-15)20(21(24)23-14)22-13-16-9-10-17(25-2)12-19(16)26-3/h4-13H,1-3H3,(H,23,24). The summed E-state index contributed by atoms with van der Waals surface area (Å²) in [6, 6.07) is 17.1. The molecule has 1 aromatic heterocycles. The Balaban J connectivity index is 2.08. The summed E-state index contributed by atoms with van der Waals surface area (Å²) < 4.78 is 10.6. The number of ether oxygens (including phenoxy) is 2. The highest BCUT2D eigenvalue weighted by atomic mass is 16.5. The second kappa shape index (κ2) is 7.70. The maximum absolute atomic E-state index is 12.5. The van der Waals surface area contributed by atoms with E-state index in [1.165, 1.54) is 0 Å². The average Bonchev–Trinajstić information content (AvgIpc) is 2.67. The predicted octanol–water partition coefficient (Wildman–Crippen LogP) is 4.12. The molecule has 0 amide bonds. The van der Waals surface area contributed by atoms with Crippen LogP contribution in [0.25, 0.3) is 11.1 Å². The summed E-state index contributed by atoms with van der Waals surface area (Å²) in [6.07, 6.45) is 1.63. The van der Waals surface area contributed by atoms with Gasteiger partial charge in [0.05, 0.1) is 14.2 Å². The van der Waals surface area contributed by atoms with E-state index >= 15 is 0 Å². The number of H-pyrrole nitrogens is 1. The molecule has 0 unspecified atom stereocenters. The quantitative estimate of drug-likeness (QED) is 0.706. The van der Waals surface area contributed by atoms with Gasteiger partial charge in [0.25, 0.3) is 5.56 Å². The first-order valence-electron chi connectivity index (χ1n) is 8.18. The summed E-state index contributed by atoms with van der Waals surface area (Å²) in [5.41, 5.74) is 3.40. The molecule has 3 rings (SSSR count). The number of nitrogens with zero attached hydrogens (tertiary/aromatic N) is 1. The van der Waals surface area contributed by atoms with E-state index < -0.39 is 0 Å². The molecule has 0 aliphatic carbocycles. The summed E-state index contributed by atoms with van der Waals surface area (Å²) in [5.74, 6) is 1.31. The van der Waals surface area contributed by atoms with Crippen LogP contribution >= 0.6 is 0 Å². The van der Waals surface area contributed by atoms with Crippen LogP contribution in [0.1, 0.15) is 11.3 Å². The minimum atomic E-state index is -0.229. The first-order valence-corrected chi connectivity index (χ1v) is 8.18. The number of aromatic amines is 1. The van der Waals surface area contributed by atoms with E-state index in [-0.39, 0.29) is 5.56 Å². The van der Waals surface area contributed by atoms with Gasteiger partial charge in [0.15, 0.2) is 0 Å². The van der Waals surface area contributed by atoms with Crippen molar-refractivity contribution in [3.05, 3.63) is 76.2 Å². The van der Waals surface area contributed by atoms with Crippen LogP contribution in [0.3, 0.4) is 0 Å². The lowest BCUT2D eigenvalue weighted by atomic mass is 10.0. The molecule has 0 bridgehead atoms. The van der Waals surface area contributed by atoms with E-state index in [1.807, 2.05) is 55.5 Å². The molecule has 0 saturated carbocycles. The Kier molecular flexibility index (Phi) is 5.17. The third-order valence-electron chi connectivity index (χ3n) is 4.00. The van der Waals surface area contributed by atoms with Crippen molar-refractivity contribution in [1.82, 2.24) is 4.98 Å². The Bertz CT molecular complexity index is 992. The number of pyridine rings is 1. The molecule has 0 saturated heterocycles. The van der Waals surface area contributed by atoms with E-state index in [0.717, 1.165) is 22.4 Å². The van der Waals surface area contributed by atoms with E-state index in [9.17, 15) is 4.79 Å². The number of aromatic nitrogens is 1. The van der Waals surface area contributed by atoms with Crippen LogP contribution in [0.5, 0.6) is 11.5 Å². The van der Waals surface area contributed by atoms with Gasteiger partial charge >= 0.3 is 0 Å². The van der Waals surface area contributed by atoms with E-state index in [2.05, 4.69) is 9.98 Å². The predicted molar refractivity (Wildman–Crippen MR) is 104 cm³/mol. The van der Waals surface area contributed by atoms with Crippen LogP contribution in [0, 0.1) is 6.92 Å². The van der Waals surface area contributed by atoms with Crippen LogP contribution in [-0.2, 0) is 0 Å². The smallest absolute Gasteiger partial charge is 0.274 e. The molecule has 5 nitrogen and oxygen atoms in total. The lowest BCUT2D eigenvalue weighted by Gasteiger charge is -2.08. The minimum absolute atomic E-state index is 0.229. The molecule has 0 atom stereocenters. The molecule has 2 aromatic carbocycles. The highest BCUT2D eigenvalue weighted by Crippen LogP contribution is 2.28. The van der Waals surface area contributed by atoms with Crippen LogP contribution < -0.4 is 15.0 Å². The number of nitrogens with one attached hydrogen (secondary N) is 1. The maximum atomic E-state index is 12.5. The normalized spacial score (nSPS) is 10.9. The van der Waals surface area contributed by atoms with Gasteiger partial charge in [-0.2, -0.15) is 0 Å². The molecule has 0 spiro atoms. The summed E-state index contributed by atoms with van der Waals surface area (Å²) >= 11 is 0. The summed E-state index contributed by atoms with van der Waals surface area (Å²) in [7, 11) is 3.18. The second-order valence-corrected chi connectivity index (χ2v) is 5.78. The van der Waals surface area contributed by atoms with Gasteiger partial charge < -0.3 is 14.5 Å². The van der Waals surface area contributed by atoms with Crippen LogP contribution in [0.4, 0.5) is 5.69 Å². The Morgan fingerprint density at radius 1 is 1.00 bits per heavy atom. The van der Waals surface area contributed by atoms with Crippen LogP contribution in [0.2, 0.25) is 0 Å². The van der Waals surface area contributed by atoms with Gasteiger partial charge in [-0.1, -0.05) is 30.3 Å². The largest absolute Gasteiger partial charge is 0.497 e. The second-order valence-electron chi connectivity index (χ2n) is 5.78. The summed E-state index contributed by atoms with van der Waals surface area (Å²) in [4.78, 5) is 19.8. The average molecular weight is 348 g/mol. The van der Waals surface area contributed by atoms with Crippen molar-refractivity contribution < 1.29 is 9.47 Å². The van der Waals surface area contributed by atoms with E-state index in [0.29, 0.717) is 17.2 Å². The molecule has 0 aliphatic heterocycles. The molecule has 1 heterocycles. The molecule has 5 heteroatoms. The van der Waals surface area contributed by atoms with E-state index in [1.54, 1.807) is 26.5 Å². The third-order valence-corrected chi connectivity index (χ3v) is 4.00. The Labute approximate surface area is 152 Å². The Morgan fingerprint density at radius 3 is 2.46 bits per heavy atom. The number of rotatable bonds is 5. The zero-order valence-electron chi connectivity index (χ0n) is 14.9. The molecular formula is C21H20N2O3. The summed E-state index contributed by atoms with van der Waals surface area (Å²) in [5, 5.41) is 0. The van der Waals surface area contributed by atoms with Crippen molar-refractivity contribution in [2.45, 2.75) is 6.92 Å². The van der Waals surface area contributed by atoms with Crippen molar-refractivity contribution in [3.63, 3.8) is 0 Å². The van der Waals surface area contributed by atoms with Crippen LogP contribution in [-0.4, -0.2) is 25.4 Å². The van der Waals surface area contributed by atoms with Gasteiger partial charge in [0.2, 0.25) is 0 Å².